The second kappa shape index (κ2) is 6.54. The summed E-state index contributed by atoms with van der Waals surface area (Å²) in [6.45, 7) is 3.04. The Hall–Kier alpha value is -0.590. The first-order valence-electron chi connectivity index (χ1n) is 5.94. The highest BCUT2D eigenvalue weighted by atomic mass is 79.9. The van der Waals surface area contributed by atoms with Crippen LogP contribution in [0.2, 0.25) is 0 Å². The maximum Gasteiger partial charge on any atom is 0.155 e. The SMILES string of the molecule is CCC(CSC)NCc1cnc2cnc(Br)cn12. The minimum absolute atomic E-state index is 0.552. The fourth-order valence-corrected chi connectivity index (χ4v) is 2.88. The monoisotopic (exact) mass is 328 g/mol. The quantitative estimate of drug-likeness (QED) is 0.885. The van der Waals surface area contributed by atoms with Crippen LogP contribution in [-0.2, 0) is 6.54 Å². The number of thioether (sulfide) groups is 1. The summed E-state index contributed by atoms with van der Waals surface area (Å²) in [5.74, 6) is 1.14. The molecule has 0 radical (unpaired) electrons. The summed E-state index contributed by atoms with van der Waals surface area (Å²) in [6.07, 6.45) is 8.91. The van der Waals surface area contributed by atoms with Crippen LogP contribution < -0.4 is 5.32 Å². The average Bonchev–Trinajstić information content (AvgIpc) is 2.77. The van der Waals surface area contributed by atoms with Crippen molar-refractivity contribution in [3.63, 3.8) is 0 Å². The predicted molar refractivity (Wildman–Crippen MR) is 80.0 cm³/mol. The molecular weight excluding hydrogens is 312 g/mol. The summed E-state index contributed by atoms with van der Waals surface area (Å²) in [6, 6.07) is 0.552. The molecule has 0 fully saturated rings. The van der Waals surface area contributed by atoms with Crippen molar-refractivity contribution in [2.45, 2.75) is 25.9 Å². The van der Waals surface area contributed by atoms with Crippen molar-refractivity contribution in [3.05, 3.63) is 28.9 Å². The van der Waals surface area contributed by atoms with E-state index in [4.69, 9.17) is 0 Å². The van der Waals surface area contributed by atoms with E-state index in [0.717, 1.165) is 34.7 Å². The highest BCUT2D eigenvalue weighted by molar-refractivity contribution is 9.10. The first-order valence-corrected chi connectivity index (χ1v) is 8.13. The van der Waals surface area contributed by atoms with Crippen LogP contribution in [0, 0.1) is 0 Å². The number of imidazole rings is 1. The molecule has 0 aliphatic rings. The maximum atomic E-state index is 4.34. The van der Waals surface area contributed by atoms with E-state index in [2.05, 4.69) is 48.8 Å². The fourth-order valence-electron chi connectivity index (χ4n) is 1.82. The summed E-state index contributed by atoms with van der Waals surface area (Å²) < 4.78 is 2.89. The van der Waals surface area contributed by atoms with Crippen LogP contribution in [0.4, 0.5) is 0 Å². The normalized spacial score (nSPS) is 13.1. The van der Waals surface area contributed by atoms with Gasteiger partial charge in [0.1, 0.15) is 4.60 Å². The molecule has 6 heteroatoms. The van der Waals surface area contributed by atoms with Crippen LogP contribution in [0.15, 0.2) is 23.2 Å². The van der Waals surface area contributed by atoms with Crippen LogP contribution in [0.25, 0.3) is 5.65 Å². The number of aromatic nitrogens is 3. The van der Waals surface area contributed by atoms with Crippen LogP contribution in [0.3, 0.4) is 0 Å². The second-order valence-electron chi connectivity index (χ2n) is 4.13. The third-order valence-corrected chi connectivity index (χ3v) is 4.02. The smallest absolute Gasteiger partial charge is 0.155 e. The molecule has 2 heterocycles. The lowest BCUT2D eigenvalue weighted by molar-refractivity contribution is 0.534. The van der Waals surface area contributed by atoms with E-state index in [-0.39, 0.29) is 0 Å². The molecular formula is C12H17BrN4S. The van der Waals surface area contributed by atoms with Crippen molar-refractivity contribution in [2.24, 2.45) is 0 Å². The summed E-state index contributed by atoms with van der Waals surface area (Å²) in [7, 11) is 0. The third-order valence-electron chi connectivity index (χ3n) is 2.87. The standard InChI is InChI=1S/C12H17BrN4S/c1-3-9(8-18-2)14-4-10-5-16-12-6-15-11(13)7-17(10)12/h5-7,9,14H,3-4,8H2,1-2H3. The lowest BCUT2D eigenvalue weighted by atomic mass is 10.2. The van der Waals surface area contributed by atoms with Gasteiger partial charge in [-0.2, -0.15) is 11.8 Å². The molecule has 98 valence electrons. The lowest BCUT2D eigenvalue weighted by Crippen LogP contribution is -2.30. The van der Waals surface area contributed by atoms with Gasteiger partial charge in [-0.1, -0.05) is 6.92 Å². The van der Waals surface area contributed by atoms with Crippen molar-refractivity contribution < 1.29 is 0 Å². The van der Waals surface area contributed by atoms with E-state index in [1.165, 1.54) is 0 Å². The van der Waals surface area contributed by atoms with Crippen molar-refractivity contribution in [3.8, 4) is 0 Å². The average molecular weight is 329 g/mol. The Morgan fingerprint density at radius 1 is 1.44 bits per heavy atom. The maximum absolute atomic E-state index is 4.34. The van der Waals surface area contributed by atoms with E-state index in [1.807, 2.05) is 24.2 Å². The van der Waals surface area contributed by atoms with Gasteiger partial charge in [-0.25, -0.2) is 9.97 Å². The Kier molecular flexibility index (Phi) is 5.03. The summed E-state index contributed by atoms with van der Waals surface area (Å²) in [5, 5.41) is 3.57. The first kappa shape index (κ1) is 13.8. The molecule has 0 aliphatic carbocycles. The number of nitrogens with zero attached hydrogens (tertiary/aromatic N) is 3. The summed E-state index contributed by atoms with van der Waals surface area (Å²) in [5.41, 5.74) is 2.04. The summed E-state index contributed by atoms with van der Waals surface area (Å²) in [4.78, 5) is 8.52. The minimum atomic E-state index is 0.552. The van der Waals surface area contributed by atoms with Gasteiger partial charge in [0.25, 0.3) is 0 Å². The molecule has 2 aromatic rings. The van der Waals surface area contributed by atoms with Gasteiger partial charge in [-0.15, -0.1) is 0 Å². The van der Waals surface area contributed by atoms with E-state index in [9.17, 15) is 0 Å². The Balaban J connectivity index is 2.09. The third kappa shape index (κ3) is 3.24. The van der Waals surface area contributed by atoms with Crippen LogP contribution in [0.1, 0.15) is 19.0 Å². The Morgan fingerprint density at radius 2 is 2.28 bits per heavy atom. The number of halogens is 1. The number of nitrogens with one attached hydrogen (secondary N) is 1. The molecule has 0 saturated heterocycles. The zero-order valence-corrected chi connectivity index (χ0v) is 13.0. The Morgan fingerprint density at radius 3 is 3.00 bits per heavy atom. The molecule has 18 heavy (non-hydrogen) atoms. The van der Waals surface area contributed by atoms with Gasteiger partial charge in [0.05, 0.1) is 18.1 Å². The van der Waals surface area contributed by atoms with Gasteiger partial charge in [-0.05, 0) is 28.6 Å². The molecule has 2 aromatic heterocycles. The topological polar surface area (TPSA) is 42.2 Å². The lowest BCUT2D eigenvalue weighted by Gasteiger charge is -2.15. The van der Waals surface area contributed by atoms with Gasteiger partial charge in [0, 0.05) is 24.5 Å². The molecule has 0 amide bonds. The molecule has 0 aromatic carbocycles. The molecule has 0 spiro atoms. The summed E-state index contributed by atoms with van der Waals surface area (Å²) >= 11 is 5.26. The second-order valence-corrected chi connectivity index (χ2v) is 5.85. The van der Waals surface area contributed by atoms with Gasteiger partial charge < -0.3 is 5.32 Å². The van der Waals surface area contributed by atoms with Gasteiger partial charge >= 0.3 is 0 Å². The van der Waals surface area contributed by atoms with Crippen molar-refractivity contribution >= 4 is 33.3 Å². The molecule has 0 saturated carbocycles. The minimum Gasteiger partial charge on any atom is -0.308 e. The van der Waals surface area contributed by atoms with Crippen molar-refractivity contribution in [2.75, 3.05) is 12.0 Å². The molecule has 2 rings (SSSR count). The highest BCUT2D eigenvalue weighted by Gasteiger charge is 2.08. The van der Waals surface area contributed by atoms with Crippen LogP contribution in [0.5, 0.6) is 0 Å². The zero-order chi connectivity index (χ0) is 13.0. The number of hydrogen-bond acceptors (Lipinski definition) is 4. The molecule has 0 aliphatic heterocycles. The largest absolute Gasteiger partial charge is 0.308 e. The van der Waals surface area contributed by atoms with Crippen molar-refractivity contribution in [1.29, 1.82) is 0 Å². The number of hydrogen-bond donors (Lipinski definition) is 1. The van der Waals surface area contributed by atoms with E-state index in [0.29, 0.717) is 6.04 Å². The highest BCUT2D eigenvalue weighted by Crippen LogP contribution is 2.11. The Labute approximate surface area is 120 Å². The fraction of sp³-hybridized carbons (Fsp3) is 0.500. The molecule has 1 atom stereocenters. The van der Waals surface area contributed by atoms with Gasteiger partial charge in [0.2, 0.25) is 0 Å². The van der Waals surface area contributed by atoms with Crippen molar-refractivity contribution in [1.82, 2.24) is 19.7 Å². The molecule has 1 unspecified atom stereocenters. The number of fused-ring (bicyclic) bond motifs is 1. The zero-order valence-electron chi connectivity index (χ0n) is 10.6. The van der Waals surface area contributed by atoms with Crippen LogP contribution >= 0.6 is 27.7 Å². The predicted octanol–water partition coefficient (Wildman–Crippen LogP) is 2.72. The van der Waals surface area contributed by atoms with E-state index in [1.54, 1.807) is 6.20 Å². The number of rotatable bonds is 6. The first-order chi connectivity index (χ1) is 8.74. The Bertz CT molecular complexity index is 514. The van der Waals surface area contributed by atoms with Crippen LogP contribution in [-0.4, -0.2) is 32.4 Å². The van der Waals surface area contributed by atoms with E-state index < -0.39 is 0 Å². The molecule has 0 bridgehead atoms. The van der Waals surface area contributed by atoms with Gasteiger partial charge in [0.15, 0.2) is 5.65 Å². The van der Waals surface area contributed by atoms with Gasteiger partial charge in [-0.3, -0.25) is 4.40 Å². The molecule has 1 N–H and O–H groups in total. The van der Waals surface area contributed by atoms with E-state index >= 15 is 0 Å². The molecule has 4 nitrogen and oxygen atoms in total.